The summed E-state index contributed by atoms with van der Waals surface area (Å²) in [5, 5.41) is 7.32. The predicted molar refractivity (Wildman–Crippen MR) is 79.1 cm³/mol. The summed E-state index contributed by atoms with van der Waals surface area (Å²) in [5.74, 6) is 1.19. The number of hydrogen-bond donors (Lipinski definition) is 2. The number of nitrogens with zero attached hydrogens (tertiary/aromatic N) is 1. The van der Waals surface area contributed by atoms with Crippen LogP contribution in [0, 0.1) is 0 Å². The summed E-state index contributed by atoms with van der Waals surface area (Å²) >= 11 is 1.74. The van der Waals surface area contributed by atoms with E-state index >= 15 is 0 Å². The number of carbonyl (C=O) groups excluding carboxylic acids is 1. The van der Waals surface area contributed by atoms with Crippen LogP contribution >= 0.6 is 11.8 Å². The Morgan fingerprint density at radius 3 is 2.94 bits per heavy atom. The molecule has 1 aliphatic rings. The summed E-state index contributed by atoms with van der Waals surface area (Å²) in [6.45, 7) is 9.00. The van der Waals surface area contributed by atoms with Crippen molar-refractivity contribution in [1.29, 1.82) is 0 Å². The Balaban J connectivity index is 2.29. The van der Waals surface area contributed by atoms with Gasteiger partial charge >= 0.3 is 0 Å². The molecular formula is C13H25N3OS. The van der Waals surface area contributed by atoms with Crippen LogP contribution in [-0.2, 0) is 4.79 Å². The van der Waals surface area contributed by atoms with Crippen LogP contribution in [0.4, 0.5) is 0 Å². The first-order valence-corrected chi connectivity index (χ1v) is 7.66. The van der Waals surface area contributed by atoms with Crippen molar-refractivity contribution in [3.8, 4) is 0 Å². The Labute approximate surface area is 114 Å². The van der Waals surface area contributed by atoms with Gasteiger partial charge in [-0.05, 0) is 33.6 Å². The maximum absolute atomic E-state index is 11.6. The average Bonchev–Trinajstić information content (AvgIpc) is 2.27. The Morgan fingerprint density at radius 2 is 2.33 bits per heavy atom. The molecule has 1 atom stereocenters. The van der Waals surface area contributed by atoms with Crippen LogP contribution in [0.15, 0.2) is 4.99 Å². The quantitative estimate of drug-likeness (QED) is 0.805. The van der Waals surface area contributed by atoms with Gasteiger partial charge in [0.15, 0.2) is 5.17 Å². The van der Waals surface area contributed by atoms with E-state index in [2.05, 4.69) is 36.4 Å². The molecule has 0 bridgehead atoms. The van der Waals surface area contributed by atoms with Crippen LogP contribution in [0.25, 0.3) is 0 Å². The molecule has 1 heterocycles. The van der Waals surface area contributed by atoms with Gasteiger partial charge in [-0.25, -0.2) is 0 Å². The topological polar surface area (TPSA) is 53.5 Å². The summed E-state index contributed by atoms with van der Waals surface area (Å²) in [4.78, 5) is 16.0. The molecule has 0 saturated carbocycles. The van der Waals surface area contributed by atoms with E-state index in [9.17, 15) is 4.79 Å². The second-order valence-corrected chi connectivity index (χ2v) is 6.50. The first kappa shape index (κ1) is 15.3. The molecule has 0 radical (unpaired) electrons. The molecule has 1 saturated heterocycles. The Kier molecular flexibility index (Phi) is 5.99. The fourth-order valence-corrected chi connectivity index (χ4v) is 2.92. The summed E-state index contributed by atoms with van der Waals surface area (Å²) in [6.07, 6.45) is 2.58. The third-order valence-electron chi connectivity index (χ3n) is 3.03. The Bertz CT molecular complexity index is 315. The minimum absolute atomic E-state index is 0.0915. The van der Waals surface area contributed by atoms with Crippen LogP contribution in [0.5, 0.6) is 0 Å². The molecule has 104 valence electrons. The molecule has 0 spiro atoms. The second-order valence-electron chi connectivity index (χ2n) is 5.42. The summed E-state index contributed by atoms with van der Waals surface area (Å²) in [7, 11) is 0. The minimum Gasteiger partial charge on any atom is -0.360 e. The van der Waals surface area contributed by atoms with Crippen LogP contribution in [0.1, 0.15) is 47.0 Å². The highest BCUT2D eigenvalue weighted by Gasteiger charge is 2.23. The zero-order valence-electron chi connectivity index (χ0n) is 11.9. The molecule has 18 heavy (non-hydrogen) atoms. The van der Waals surface area contributed by atoms with Gasteiger partial charge in [0.2, 0.25) is 5.91 Å². The molecule has 2 N–H and O–H groups in total. The molecule has 1 rings (SSSR count). The first-order chi connectivity index (χ1) is 8.43. The maximum atomic E-state index is 11.6. The van der Waals surface area contributed by atoms with Crippen LogP contribution in [0.2, 0.25) is 0 Å². The molecule has 1 aliphatic heterocycles. The van der Waals surface area contributed by atoms with E-state index in [1.165, 1.54) is 0 Å². The van der Waals surface area contributed by atoms with Crippen molar-refractivity contribution in [2.45, 2.75) is 58.5 Å². The SMILES string of the molecule is CCC(C)NC(=O)CCN=C1NC(C)(C)CCS1. The fourth-order valence-electron chi connectivity index (χ4n) is 1.58. The van der Waals surface area contributed by atoms with Crippen LogP contribution in [-0.4, -0.2) is 35.0 Å². The summed E-state index contributed by atoms with van der Waals surface area (Å²) < 4.78 is 0. The highest BCUT2D eigenvalue weighted by molar-refractivity contribution is 8.13. The zero-order chi connectivity index (χ0) is 13.6. The van der Waals surface area contributed by atoms with E-state index in [0.717, 1.165) is 23.8 Å². The second kappa shape index (κ2) is 7.02. The molecule has 0 aliphatic carbocycles. The van der Waals surface area contributed by atoms with Crippen molar-refractivity contribution in [1.82, 2.24) is 10.6 Å². The number of thioether (sulfide) groups is 1. The third kappa shape index (κ3) is 5.76. The molecule has 0 aromatic heterocycles. The van der Waals surface area contributed by atoms with Crippen molar-refractivity contribution in [2.24, 2.45) is 4.99 Å². The van der Waals surface area contributed by atoms with Gasteiger partial charge in [0, 0.05) is 23.8 Å². The van der Waals surface area contributed by atoms with Gasteiger partial charge in [-0.2, -0.15) is 0 Å². The van der Waals surface area contributed by atoms with Crippen molar-refractivity contribution in [2.75, 3.05) is 12.3 Å². The predicted octanol–water partition coefficient (Wildman–Crippen LogP) is 2.15. The normalized spacial score (nSPS) is 22.3. The molecule has 1 unspecified atom stereocenters. The number of hydrogen-bond acceptors (Lipinski definition) is 3. The largest absolute Gasteiger partial charge is 0.360 e. The summed E-state index contributed by atoms with van der Waals surface area (Å²) in [5.41, 5.74) is 0.128. The van der Waals surface area contributed by atoms with Gasteiger partial charge in [0.1, 0.15) is 0 Å². The first-order valence-electron chi connectivity index (χ1n) is 6.68. The van der Waals surface area contributed by atoms with Gasteiger partial charge in [-0.1, -0.05) is 18.7 Å². The number of amides is 1. The van der Waals surface area contributed by atoms with Crippen molar-refractivity contribution in [3.05, 3.63) is 0 Å². The number of rotatable bonds is 5. The number of nitrogens with one attached hydrogen (secondary N) is 2. The van der Waals surface area contributed by atoms with Crippen molar-refractivity contribution in [3.63, 3.8) is 0 Å². The van der Waals surface area contributed by atoms with Gasteiger partial charge in [0.25, 0.3) is 0 Å². The van der Waals surface area contributed by atoms with E-state index in [-0.39, 0.29) is 17.5 Å². The zero-order valence-corrected chi connectivity index (χ0v) is 12.7. The lowest BCUT2D eigenvalue weighted by Gasteiger charge is -2.32. The smallest absolute Gasteiger partial charge is 0.222 e. The van der Waals surface area contributed by atoms with Crippen LogP contribution in [0.3, 0.4) is 0 Å². The van der Waals surface area contributed by atoms with E-state index in [0.29, 0.717) is 13.0 Å². The lowest BCUT2D eigenvalue weighted by Crippen LogP contribution is -2.46. The van der Waals surface area contributed by atoms with Gasteiger partial charge < -0.3 is 10.6 Å². The average molecular weight is 271 g/mol. The van der Waals surface area contributed by atoms with E-state index < -0.39 is 0 Å². The molecule has 0 aromatic rings. The standard InChI is InChI=1S/C13H25N3OS/c1-5-10(2)15-11(17)6-8-14-12-16-13(3,4)7-9-18-12/h10H,5-9H2,1-4H3,(H,14,16)(H,15,17). The van der Waals surface area contributed by atoms with E-state index in [4.69, 9.17) is 0 Å². The molecule has 1 fully saturated rings. The third-order valence-corrected chi connectivity index (χ3v) is 3.94. The number of aliphatic imine (C=N–C) groups is 1. The highest BCUT2D eigenvalue weighted by atomic mass is 32.2. The van der Waals surface area contributed by atoms with Crippen molar-refractivity contribution < 1.29 is 4.79 Å². The van der Waals surface area contributed by atoms with Gasteiger partial charge in [-0.3, -0.25) is 9.79 Å². The summed E-state index contributed by atoms with van der Waals surface area (Å²) in [6, 6.07) is 0.256. The number of amidine groups is 1. The lowest BCUT2D eigenvalue weighted by molar-refractivity contribution is -0.121. The highest BCUT2D eigenvalue weighted by Crippen LogP contribution is 2.21. The molecule has 5 heteroatoms. The van der Waals surface area contributed by atoms with E-state index in [1.54, 1.807) is 11.8 Å². The molecule has 1 amide bonds. The minimum atomic E-state index is 0.0915. The van der Waals surface area contributed by atoms with Gasteiger partial charge in [0.05, 0.1) is 6.54 Å². The lowest BCUT2D eigenvalue weighted by atomic mass is 10.0. The van der Waals surface area contributed by atoms with E-state index in [1.807, 2.05) is 6.92 Å². The Hall–Kier alpha value is -0.710. The van der Waals surface area contributed by atoms with Crippen LogP contribution < -0.4 is 10.6 Å². The monoisotopic (exact) mass is 271 g/mol. The molecule has 4 nitrogen and oxygen atoms in total. The van der Waals surface area contributed by atoms with Crippen molar-refractivity contribution >= 4 is 22.8 Å². The van der Waals surface area contributed by atoms with Gasteiger partial charge in [-0.15, -0.1) is 0 Å². The maximum Gasteiger partial charge on any atom is 0.222 e. The number of carbonyl (C=O) groups is 1. The Morgan fingerprint density at radius 1 is 1.61 bits per heavy atom. The molecule has 0 aromatic carbocycles. The molecular weight excluding hydrogens is 246 g/mol. The fraction of sp³-hybridized carbons (Fsp3) is 0.846.